The van der Waals surface area contributed by atoms with Gasteiger partial charge in [-0.25, -0.2) is 0 Å². The van der Waals surface area contributed by atoms with Crippen LogP contribution in [0.15, 0.2) is 12.2 Å². The molecular weight excluding hydrogens is 396 g/mol. The summed E-state index contributed by atoms with van der Waals surface area (Å²) in [6.07, 6.45) is 11.3. The number of esters is 1. The molecule has 2 N–H and O–H groups in total. The maximum atomic E-state index is 13.6. The van der Waals surface area contributed by atoms with Crippen LogP contribution in [0, 0.1) is 23.7 Å². The van der Waals surface area contributed by atoms with Crippen molar-refractivity contribution in [2.75, 3.05) is 19.8 Å². The quantitative estimate of drug-likeness (QED) is 0.330. The molecule has 2 aliphatic carbocycles. The van der Waals surface area contributed by atoms with E-state index < -0.39 is 17.9 Å². The Morgan fingerprint density at radius 2 is 1.90 bits per heavy atom. The molecule has 0 aromatic rings. The molecule has 174 valence electrons. The molecule has 7 nitrogen and oxygen atoms in total. The summed E-state index contributed by atoms with van der Waals surface area (Å²) in [7, 11) is 0. The largest absolute Gasteiger partial charge is 0.466 e. The highest BCUT2D eigenvalue weighted by atomic mass is 16.5. The molecule has 0 radical (unpaired) electrons. The average molecular weight is 435 g/mol. The Bertz CT molecular complexity index is 673. The fourth-order valence-electron chi connectivity index (χ4n) is 5.62. The van der Waals surface area contributed by atoms with E-state index in [4.69, 9.17) is 4.74 Å². The monoisotopic (exact) mass is 434 g/mol. The summed E-state index contributed by atoms with van der Waals surface area (Å²) in [6.45, 7) is 4.51. The van der Waals surface area contributed by atoms with Crippen molar-refractivity contribution in [3.05, 3.63) is 12.2 Å². The van der Waals surface area contributed by atoms with Crippen molar-refractivity contribution >= 4 is 17.8 Å². The molecule has 5 atom stereocenters. The van der Waals surface area contributed by atoms with E-state index in [-0.39, 0.29) is 48.9 Å². The Kier molecular flexibility index (Phi) is 8.52. The predicted octanol–water partition coefficient (Wildman–Crippen LogP) is 2.43. The van der Waals surface area contributed by atoms with Gasteiger partial charge in [-0.05, 0) is 44.9 Å². The zero-order chi connectivity index (χ0) is 22.4. The normalized spacial score (nSPS) is 30.9. The summed E-state index contributed by atoms with van der Waals surface area (Å²) < 4.78 is 5.34. The van der Waals surface area contributed by atoms with Crippen LogP contribution in [0.3, 0.4) is 0 Å². The van der Waals surface area contributed by atoms with Crippen molar-refractivity contribution in [1.82, 2.24) is 10.2 Å². The number of carbonyl (C=O) groups excluding carboxylic acids is 3. The van der Waals surface area contributed by atoms with E-state index in [1.165, 1.54) is 6.42 Å². The van der Waals surface area contributed by atoms with Crippen molar-refractivity contribution in [3.8, 4) is 0 Å². The van der Waals surface area contributed by atoms with Gasteiger partial charge in [0.1, 0.15) is 6.04 Å². The average Bonchev–Trinajstić information content (AvgIpc) is 3.06. The molecule has 2 fully saturated rings. The highest BCUT2D eigenvalue weighted by Crippen LogP contribution is 2.45. The molecule has 0 aromatic carbocycles. The number of nitrogens with zero attached hydrogens (tertiary/aromatic N) is 1. The van der Waals surface area contributed by atoms with Crippen LogP contribution in [0.5, 0.6) is 0 Å². The molecule has 3 aliphatic rings. The summed E-state index contributed by atoms with van der Waals surface area (Å²) in [4.78, 5) is 41.5. The van der Waals surface area contributed by atoms with E-state index in [0.29, 0.717) is 19.4 Å². The van der Waals surface area contributed by atoms with Gasteiger partial charge in [-0.3, -0.25) is 14.4 Å². The van der Waals surface area contributed by atoms with Crippen LogP contribution < -0.4 is 5.32 Å². The van der Waals surface area contributed by atoms with Gasteiger partial charge in [-0.15, -0.1) is 0 Å². The van der Waals surface area contributed by atoms with E-state index in [1.54, 1.807) is 11.8 Å². The number of aliphatic hydroxyl groups is 1. The number of hydrogen-bond donors (Lipinski definition) is 2. The van der Waals surface area contributed by atoms with E-state index >= 15 is 0 Å². The van der Waals surface area contributed by atoms with E-state index in [1.807, 2.05) is 19.1 Å². The van der Waals surface area contributed by atoms with Crippen LogP contribution in [0.4, 0.5) is 0 Å². The Labute approximate surface area is 185 Å². The minimum absolute atomic E-state index is 0.0527. The van der Waals surface area contributed by atoms with Crippen molar-refractivity contribution in [3.63, 3.8) is 0 Å². The third-order valence-corrected chi connectivity index (χ3v) is 7.17. The molecule has 0 unspecified atom stereocenters. The van der Waals surface area contributed by atoms with Gasteiger partial charge in [-0.2, -0.15) is 0 Å². The first-order chi connectivity index (χ1) is 15.0. The van der Waals surface area contributed by atoms with E-state index in [2.05, 4.69) is 5.32 Å². The molecule has 2 amide bonds. The number of hydrogen-bond acceptors (Lipinski definition) is 5. The highest BCUT2D eigenvalue weighted by molar-refractivity contribution is 5.96. The number of allylic oxidation sites excluding steroid dienone is 1. The lowest BCUT2D eigenvalue weighted by atomic mass is 9.69. The van der Waals surface area contributed by atoms with Gasteiger partial charge in [-0.1, -0.05) is 38.3 Å². The summed E-state index contributed by atoms with van der Waals surface area (Å²) in [6, 6.07) is -0.449. The van der Waals surface area contributed by atoms with E-state index in [9.17, 15) is 19.5 Å². The van der Waals surface area contributed by atoms with Crippen LogP contribution in [-0.2, 0) is 19.1 Å². The molecule has 1 saturated carbocycles. The number of nitrogens with one attached hydrogen (secondary N) is 1. The van der Waals surface area contributed by atoms with E-state index in [0.717, 1.165) is 32.1 Å². The second kappa shape index (κ2) is 11.1. The Morgan fingerprint density at radius 3 is 2.55 bits per heavy atom. The van der Waals surface area contributed by atoms with Gasteiger partial charge in [0.2, 0.25) is 11.8 Å². The molecule has 0 bridgehead atoms. The SMILES string of the molecule is CCOC(=O)[C@H]1[C@H]2C(=O)N(CCCCO)[C@H](C(=O)NC3CCCCC3)[C@H]2C=C[C@H]1CC. The molecule has 0 spiro atoms. The first kappa shape index (κ1) is 23.8. The fourth-order valence-corrected chi connectivity index (χ4v) is 5.62. The second-order valence-corrected chi connectivity index (χ2v) is 9.09. The highest BCUT2D eigenvalue weighted by Gasteiger charge is 2.57. The number of amides is 2. The van der Waals surface area contributed by atoms with Gasteiger partial charge in [0, 0.05) is 25.1 Å². The second-order valence-electron chi connectivity index (χ2n) is 9.09. The summed E-state index contributed by atoms with van der Waals surface area (Å²) >= 11 is 0. The number of aliphatic hydroxyl groups excluding tert-OH is 1. The fraction of sp³-hybridized carbons (Fsp3) is 0.792. The molecule has 7 heteroatoms. The lowest BCUT2D eigenvalue weighted by molar-refractivity contribution is -0.155. The lowest BCUT2D eigenvalue weighted by Crippen LogP contribution is -2.50. The molecule has 31 heavy (non-hydrogen) atoms. The molecule has 1 saturated heterocycles. The van der Waals surface area contributed by atoms with Crippen LogP contribution in [0.1, 0.15) is 65.2 Å². The van der Waals surface area contributed by atoms with Crippen LogP contribution in [-0.4, -0.2) is 59.6 Å². The van der Waals surface area contributed by atoms with Gasteiger partial charge in [0.25, 0.3) is 0 Å². The summed E-state index contributed by atoms with van der Waals surface area (Å²) in [5.74, 6) is -2.10. The van der Waals surface area contributed by atoms with Crippen molar-refractivity contribution in [2.24, 2.45) is 23.7 Å². The van der Waals surface area contributed by atoms with Gasteiger partial charge in [0.15, 0.2) is 0 Å². The summed E-state index contributed by atoms with van der Waals surface area (Å²) in [5.41, 5.74) is 0. The first-order valence-corrected chi connectivity index (χ1v) is 12.1. The Balaban J connectivity index is 1.88. The first-order valence-electron chi connectivity index (χ1n) is 12.1. The standard InChI is InChI=1S/C24H38N2O5/c1-3-16-12-13-18-20(19(16)24(30)31-4-2)23(29)26(14-8-9-15-27)21(18)22(28)25-17-10-6-5-7-11-17/h12-13,16-21,27H,3-11,14-15H2,1-2H3,(H,25,28)/t16-,18+,19-,20+,21+/m1/s1. The Morgan fingerprint density at radius 1 is 1.16 bits per heavy atom. The molecule has 1 heterocycles. The third kappa shape index (κ3) is 5.13. The Hall–Kier alpha value is -1.89. The molecule has 0 aromatic heterocycles. The molecule has 3 rings (SSSR count). The molecular formula is C24H38N2O5. The van der Waals surface area contributed by atoms with Crippen molar-refractivity contribution in [1.29, 1.82) is 0 Å². The van der Waals surface area contributed by atoms with Crippen molar-refractivity contribution in [2.45, 2.75) is 77.3 Å². The minimum Gasteiger partial charge on any atom is -0.466 e. The predicted molar refractivity (Wildman–Crippen MR) is 117 cm³/mol. The zero-order valence-corrected chi connectivity index (χ0v) is 18.9. The smallest absolute Gasteiger partial charge is 0.310 e. The van der Waals surface area contributed by atoms with Crippen LogP contribution in [0.2, 0.25) is 0 Å². The maximum absolute atomic E-state index is 13.6. The van der Waals surface area contributed by atoms with Crippen molar-refractivity contribution < 1.29 is 24.2 Å². The van der Waals surface area contributed by atoms with Gasteiger partial charge in [0.05, 0.1) is 18.4 Å². The van der Waals surface area contributed by atoms with Crippen LogP contribution >= 0.6 is 0 Å². The number of fused-ring (bicyclic) bond motifs is 1. The maximum Gasteiger partial charge on any atom is 0.310 e. The topological polar surface area (TPSA) is 95.9 Å². The summed E-state index contributed by atoms with van der Waals surface area (Å²) in [5, 5.41) is 12.4. The number of carbonyl (C=O) groups is 3. The zero-order valence-electron chi connectivity index (χ0n) is 18.9. The molecule has 1 aliphatic heterocycles. The number of ether oxygens (including phenoxy) is 1. The number of likely N-dealkylation sites (tertiary alicyclic amines) is 1. The van der Waals surface area contributed by atoms with Crippen LogP contribution in [0.25, 0.3) is 0 Å². The number of unbranched alkanes of at least 4 members (excludes halogenated alkanes) is 1. The number of rotatable bonds is 9. The lowest BCUT2D eigenvalue weighted by Gasteiger charge is -2.34. The van der Waals surface area contributed by atoms with Gasteiger partial charge < -0.3 is 20.1 Å². The van der Waals surface area contributed by atoms with Gasteiger partial charge >= 0.3 is 5.97 Å². The minimum atomic E-state index is -0.607. The third-order valence-electron chi connectivity index (χ3n) is 7.17.